The summed E-state index contributed by atoms with van der Waals surface area (Å²) >= 11 is 3.32. The first-order chi connectivity index (χ1) is 5.58. The Labute approximate surface area is 79.7 Å². The van der Waals surface area contributed by atoms with Crippen molar-refractivity contribution in [2.75, 3.05) is 6.61 Å². The second-order valence-corrected chi connectivity index (χ2v) is 3.76. The summed E-state index contributed by atoms with van der Waals surface area (Å²) in [6.07, 6.45) is 1.65. The summed E-state index contributed by atoms with van der Waals surface area (Å²) in [5.74, 6) is 0. The van der Waals surface area contributed by atoms with Gasteiger partial charge >= 0.3 is 0 Å². The molecule has 3 nitrogen and oxygen atoms in total. The van der Waals surface area contributed by atoms with Crippen molar-refractivity contribution in [3.63, 3.8) is 0 Å². The van der Waals surface area contributed by atoms with E-state index in [1.807, 2.05) is 6.07 Å². The average Bonchev–Trinajstić information content (AvgIpc) is 2.05. The van der Waals surface area contributed by atoms with Gasteiger partial charge in [-0.05, 0) is 35.0 Å². The van der Waals surface area contributed by atoms with E-state index in [9.17, 15) is 0 Å². The van der Waals surface area contributed by atoms with Crippen LogP contribution in [0, 0.1) is 0 Å². The summed E-state index contributed by atoms with van der Waals surface area (Å²) in [7, 11) is 0. The van der Waals surface area contributed by atoms with Crippen molar-refractivity contribution < 1.29 is 5.11 Å². The minimum Gasteiger partial charge on any atom is -0.394 e. The van der Waals surface area contributed by atoms with Crippen LogP contribution in [0.1, 0.15) is 12.6 Å². The van der Waals surface area contributed by atoms with Gasteiger partial charge in [-0.15, -0.1) is 0 Å². The van der Waals surface area contributed by atoms with E-state index in [1.165, 1.54) is 0 Å². The van der Waals surface area contributed by atoms with Gasteiger partial charge in [-0.1, -0.05) is 0 Å². The highest BCUT2D eigenvalue weighted by Crippen LogP contribution is 2.22. The van der Waals surface area contributed by atoms with Crippen LogP contribution in [0.3, 0.4) is 0 Å². The molecule has 0 fully saturated rings. The van der Waals surface area contributed by atoms with Crippen molar-refractivity contribution in [3.05, 3.63) is 28.5 Å². The molecule has 0 amide bonds. The fourth-order valence-corrected chi connectivity index (χ4v) is 1.59. The van der Waals surface area contributed by atoms with Gasteiger partial charge in [-0.3, -0.25) is 4.98 Å². The number of aliphatic hydroxyl groups excluding tert-OH is 1. The largest absolute Gasteiger partial charge is 0.394 e. The Kier molecular flexibility index (Phi) is 2.82. The lowest BCUT2D eigenvalue weighted by Gasteiger charge is -2.21. The Morgan fingerprint density at radius 3 is 2.92 bits per heavy atom. The first-order valence-corrected chi connectivity index (χ1v) is 4.38. The maximum Gasteiger partial charge on any atom is 0.0800 e. The molecule has 4 heteroatoms. The lowest BCUT2D eigenvalue weighted by Crippen LogP contribution is -2.38. The quantitative estimate of drug-likeness (QED) is 0.798. The molecule has 0 saturated heterocycles. The Morgan fingerprint density at radius 2 is 2.42 bits per heavy atom. The van der Waals surface area contributed by atoms with Crippen molar-refractivity contribution in [3.8, 4) is 0 Å². The minimum atomic E-state index is -0.778. The van der Waals surface area contributed by atoms with Crippen LogP contribution in [0.2, 0.25) is 0 Å². The van der Waals surface area contributed by atoms with Crippen LogP contribution in [-0.2, 0) is 5.54 Å². The van der Waals surface area contributed by atoms with E-state index < -0.39 is 5.54 Å². The lowest BCUT2D eigenvalue weighted by atomic mass is 10.0. The number of rotatable bonds is 2. The molecule has 0 bridgehead atoms. The van der Waals surface area contributed by atoms with Crippen molar-refractivity contribution in [1.82, 2.24) is 4.98 Å². The lowest BCUT2D eigenvalue weighted by molar-refractivity contribution is 0.206. The van der Waals surface area contributed by atoms with Crippen LogP contribution in [0.5, 0.6) is 0 Å². The molecule has 1 aromatic heterocycles. The van der Waals surface area contributed by atoms with E-state index in [0.29, 0.717) is 5.69 Å². The summed E-state index contributed by atoms with van der Waals surface area (Å²) in [5, 5.41) is 8.99. The molecule has 1 atom stereocenters. The summed E-state index contributed by atoms with van der Waals surface area (Å²) in [6, 6.07) is 3.66. The van der Waals surface area contributed by atoms with Crippen LogP contribution >= 0.6 is 15.9 Å². The van der Waals surface area contributed by atoms with Gasteiger partial charge in [0, 0.05) is 10.7 Å². The predicted molar refractivity (Wildman–Crippen MR) is 50.6 cm³/mol. The van der Waals surface area contributed by atoms with Crippen LogP contribution in [-0.4, -0.2) is 16.7 Å². The fourth-order valence-electron chi connectivity index (χ4n) is 0.881. The Bertz CT molecular complexity index is 276. The molecule has 1 unspecified atom stereocenters. The summed E-state index contributed by atoms with van der Waals surface area (Å²) in [6.45, 7) is 1.61. The Morgan fingerprint density at radius 1 is 1.75 bits per heavy atom. The normalized spacial score (nSPS) is 15.7. The first kappa shape index (κ1) is 9.64. The summed E-state index contributed by atoms with van der Waals surface area (Å²) in [4.78, 5) is 4.09. The van der Waals surface area contributed by atoms with E-state index in [0.717, 1.165) is 4.47 Å². The van der Waals surface area contributed by atoms with Gasteiger partial charge in [0.15, 0.2) is 0 Å². The second-order valence-electron chi connectivity index (χ2n) is 2.91. The molecule has 1 heterocycles. The zero-order valence-corrected chi connectivity index (χ0v) is 8.37. The van der Waals surface area contributed by atoms with Gasteiger partial charge in [0.25, 0.3) is 0 Å². The van der Waals surface area contributed by atoms with E-state index in [-0.39, 0.29) is 6.61 Å². The summed E-state index contributed by atoms with van der Waals surface area (Å²) < 4.78 is 0.823. The van der Waals surface area contributed by atoms with Crippen LogP contribution < -0.4 is 5.73 Å². The molecule has 0 spiro atoms. The molecule has 0 radical (unpaired) electrons. The molecule has 12 heavy (non-hydrogen) atoms. The second kappa shape index (κ2) is 3.51. The molecule has 0 aliphatic carbocycles. The van der Waals surface area contributed by atoms with Crippen molar-refractivity contribution in [2.45, 2.75) is 12.5 Å². The van der Waals surface area contributed by atoms with Crippen LogP contribution in [0.15, 0.2) is 22.8 Å². The van der Waals surface area contributed by atoms with Crippen molar-refractivity contribution in [2.24, 2.45) is 5.73 Å². The first-order valence-electron chi connectivity index (χ1n) is 3.58. The standard InChI is InChI=1S/C8H11BrN2O/c1-8(10,5-12)7-6(9)3-2-4-11-7/h2-4,12H,5,10H2,1H3. The van der Waals surface area contributed by atoms with Gasteiger partial charge in [0.2, 0.25) is 0 Å². The molecule has 0 aromatic carbocycles. The zero-order valence-electron chi connectivity index (χ0n) is 6.79. The number of halogens is 1. The number of aromatic nitrogens is 1. The maximum absolute atomic E-state index is 8.99. The highest BCUT2D eigenvalue weighted by atomic mass is 79.9. The third kappa shape index (κ3) is 1.83. The number of aliphatic hydroxyl groups is 1. The monoisotopic (exact) mass is 230 g/mol. The van der Waals surface area contributed by atoms with Gasteiger partial charge in [0.05, 0.1) is 17.8 Å². The minimum absolute atomic E-state index is 0.122. The van der Waals surface area contributed by atoms with E-state index in [4.69, 9.17) is 10.8 Å². The van der Waals surface area contributed by atoms with Crippen LogP contribution in [0.25, 0.3) is 0 Å². The van der Waals surface area contributed by atoms with E-state index >= 15 is 0 Å². The number of pyridine rings is 1. The molecule has 3 N–H and O–H groups in total. The molecular weight excluding hydrogens is 220 g/mol. The molecule has 0 aliphatic rings. The number of nitrogens with two attached hydrogens (primary N) is 1. The van der Waals surface area contributed by atoms with Crippen molar-refractivity contribution in [1.29, 1.82) is 0 Å². The molecule has 1 aromatic rings. The fraction of sp³-hybridized carbons (Fsp3) is 0.375. The Hall–Kier alpha value is -0.450. The smallest absolute Gasteiger partial charge is 0.0800 e. The molecular formula is C8H11BrN2O. The highest BCUT2D eigenvalue weighted by molar-refractivity contribution is 9.10. The van der Waals surface area contributed by atoms with Gasteiger partial charge in [-0.2, -0.15) is 0 Å². The molecule has 0 saturated carbocycles. The van der Waals surface area contributed by atoms with Gasteiger partial charge in [-0.25, -0.2) is 0 Å². The van der Waals surface area contributed by atoms with E-state index in [2.05, 4.69) is 20.9 Å². The number of hydrogen-bond acceptors (Lipinski definition) is 3. The van der Waals surface area contributed by atoms with E-state index in [1.54, 1.807) is 19.2 Å². The maximum atomic E-state index is 8.99. The van der Waals surface area contributed by atoms with Crippen molar-refractivity contribution >= 4 is 15.9 Å². The third-order valence-corrected chi connectivity index (χ3v) is 2.27. The molecule has 1 rings (SSSR count). The molecule has 0 aliphatic heterocycles. The molecule has 66 valence electrons. The van der Waals surface area contributed by atoms with Gasteiger partial charge in [0.1, 0.15) is 0 Å². The number of hydrogen-bond donors (Lipinski definition) is 2. The van der Waals surface area contributed by atoms with Gasteiger partial charge < -0.3 is 10.8 Å². The number of nitrogens with zero attached hydrogens (tertiary/aromatic N) is 1. The average molecular weight is 231 g/mol. The predicted octanol–water partition coefficient (Wildman–Crippen LogP) is 1.01. The third-order valence-electron chi connectivity index (χ3n) is 1.63. The summed E-state index contributed by atoms with van der Waals surface area (Å²) in [5.41, 5.74) is 5.69. The highest BCUT2D eigenvalue weighted by Gasteiger charge is 2.23. The van der Waals surface area contributed by atoms with Crippen LogP contribution in [0.4, 0.5) is 0 Å². The topological polar surface area (TPSA) is 59.1 Å². The zero-order chi connectivity index (χ0) is 9.19. The Balaban J connectivity index is 3.10. The SMILES string of the molecule is CC(N)(CO)c1ncccc1Br.